The molecule has 2 rings (SSSR count). The van der Waals surface area contributed by atoms with Gasteiger partial charge in [-0.25, -0.2) is 4.98 Å². The van der Waals surface area contributed by atoms with Gasteiger partial charge in [0.25, 0.3) is 0 Å². The average molecular weight is 282 g/mol. The maximum absolute atomic E-state index is 11.8. The molecule has 5 nitrogen and oxygen atoms in total. The summed E-state index contributed by atoms with van der Waals surface area (Å²) in [4.78, 5) is 18.2. The Balaban J connectivity index is 2.40. The predicted octanol–water partition coefficient (Wildman–Crippen LogP) is 2.07. The number of anilines is 1. The molecule has 1 N–H and O–H groups in total. The second kappa shape index (κ2) is 6.71. The number of pyridine rings is 1. The van der Waals surface area contributed by atoms with Crippen molar-refractivity contribution in [2.75, 3.05) is 24.5 Å². The van der Waals surface area contributed by atoms with E-state index in [0.29, 0.717) is 24.5 Å². The number of hydrogen-bond acceptors (Lipinski definition) is 4. The summed E-state index contributed by atoms with van der Waals surface area (Å²) in [5.41, 5.74) is 1.34. The lowest BCUT2D eigenvalue weighted by Gasteiger charge is -2.22. The summed E-state index contributed by atoms with van der Waals surface area (Å²) in [6, 6.07) is 11.5. The Morgan fingerprint density at radius 3 is 2.81 bits per heavy atom. The number of amides is 1. The first-order chi connectivity index (χ1) is 10.2. The van der Waals surface area contributed by atoms with Crippen LogP contribution in [0.3, 0.4) is 0 Å². The summed E-state index contributed by atoms with van der Waals surface area (Å²) in [5, 5.41) is 12.9. The van der Waals surface area contributed by atoms with E-state index in [1.54, 1.807) is 6.07 Å². The molecule has 0 fully saturated rings. The zero-order valence-electron chi connectivity index (χ0n) is 12.3. The summed E-state index contributed by atoms with van der Waals surface area (Å²) in [6.45, 7) is 5.33. The van der Waals surface area contributed by atoms with Crippen LogP contribution in [0.15, 0.2) is 30.3 Å². The van der Waals surface area contributed by atoms with Crippen molar-refractivity contribution in [2.45, 2.75) is 13.8 Å². The van der Waals surface area contributed by atoms with Gasteiger partial charge >= 0.3 is 0 Å². The van der Waals surface area contributed by atoms with E-state index >= 15 is 0 Å². The van der Waals surface area contributed by atoms with Gasteiger partial charge in [-0.15, -0.1) is 0 Å². The minimum absolute atomic E-state index is 0.0483. The molecule has 1 heterocycles. The van der Waals surface area contributed by atoms with E-state index in [-0.39, 0.29) is 12.5 Å². The molecule has 1 amide bonds. The number of nitrogens with one attached hydrogen (secondary N) is 1. The molecule has 0 aliphatic rings. The zero-order valence-corrected chi connectivity index (χ0v) is 12.3. The standard InChI is InChI=1S/C16H18N4O/c1-3-18-16(21)11-20(4-2)15-9-12(10-17)13-7-5-6-8-14(13)19-15/h5-9H,3-4,11H2,1-2H3,(H,18,21). The normalized spacial score (nSPS) is 10.1. The van der Waals surface area contributed by atoms with Crippen molar-refractivity contribution in [3.63, 3.8) is 0 Å². The molecule has 21 heavy (non-hydrogen) atoms. The third-order valence-electron chi connectivity index (χ3n) is 3.24. The quantitative estimate of drug-likeness (QED) is 0.911. The lowest BCUT2D eigenvalue weighted by molar-refractivity contribution is -0.119. The number of nitriles is 1. The van der Waals surface area contributed by atoms with Gasteiger partial charge in [0.2, 0.25) is 5.91 Å². The first-order valence-electron chi connectivity index (χ1n) is 7.01. The summed E-state index contributed by atoms with van der Waals surface area (Å²) >= 11 is 0. The molecule has 0 saturated heterocycles. The van der Waals surface area contributed by atoms with Crippen LogP contribution in [0.4, 0.5) is 5.82 Å². The summed E-state index contributed by atoms with van der Waals surface area (Å²) < 4.78 is 0. The van der Waals surface area contributed by atoms with Gasteiger partial charge in [0.05, 0.1) is 23.7 Å². The van der Waals surface area contributed by atoms with Crippen LogP contribution in [0.5, 0.6) is 0 Å². The Morgan fingerprint density at radius 1 is 1.38 bits per heavy atom. The minimum atomic E-state index is -0.0483. The molecule has 0 unspecified atom stereocenters. The van der Waals surface area contributed by atoms with Crippen molar-refractivity contribution in [3.05, 3.63) is 35.9 Å². The molecule has 0 bridgehead atoms. The SMILES string of the molecule is CCNC(=O)CN(CC)c1cc(C#N)c2ccccc2n1. The van der Waals surface area contributed by atoms with Crippen LogP contribution >= 0.6 is 0 Å². The first kappa shape index (κ1) is 14.8. The number of likely N-dealkylation sites (N-methyl/N-ethyl adjacent to an activating group) is 2. The van der Waals surface area contributed by atoms with Gasteiger partial charge < -0.3 is 10.2 Å². The molecule has 1 aromatic heterocycles. The number of rotatable bonds is 5. The third-order valence-corrected chi connectivity index (χ3v) is 3.24. The molecule has 0 aliphatic carbocycles. The number of para-hydroxylation sites is 1. The number of fused-ring (bicyclic) bond motifs is 1. The predicted molar refractivity (Wildman–Crippen MR) is 83.0 cm³/mol. The lowest BCUT2D eigenvalue weighted by atomic mass is 10.1. The van der Waals surface area contributed by atoms with Crippen molar-refractivity contribution in [1.29, 1.82) is 5.26 Å². The van der Waals surface area contributed by atoms with Crippen LogP contribution in [0.1, 0.15) is 19.4 Å². The molecule has 0 saturated carbocycles. The Morgan fingerprint density at radius 2 is 2.14 bits per heavy atom. The van der Waals surface area contributed by atoms with Crippen LogP contribution in [-0.4, -0.2) is 30.5 Å². The van der Waals surface area contributed by atoms with E-state index in [1.807, 2.05) is 43.0 Å². The Bertz CT molecular complexity index is 690. The van der Waals surface area contributed by atoms with Gasteiger partial charge in [-0.05, 0) is 26.0 Å². The fraction of sp³-hybridized carbons (Fsp3) is 0.312. The topological polar surface area (TPSA) is 69.0 Å². The number of benzene rings is 1. The van der Waals surface area contributed by atoms with Crippen LogP contribution < -0.4 is 10.2 Å². The average Bonchev–Trinajstić information content (AvgIpc) is 2.51. The summed E-state index contributed by atoms with van der Waals surface area (Å²) in [7, 11) is 0. The van der Waals surface area contributed by atoms with E-state index < -0.39 is 0 Å². The highest BCUT2D eigenvalue weighted by Crippen LogP contribution is 2.22. The van der Waals surface area contributed by atoms with Gasteiger partial charge in [0.1, 0.15) is 5.82 Å². The maximum Gasteiger partial charge on any atom is 0.239 e. The second-order valence-electron chi connectivity index (χ2n) is 4.62. The largest absolute Gasteiger partial charge is 0.355 e. The minimum Gasteiger partial charge on any atom is -0.355 e. The van der Waals surface area contributed by atoms with Crippen LogP contribution in [0, 0.1) is 11.3 Å². The molecule has 1 aromatic carbocycles. The monoisotopic (exact) mass is 282 g/mol. The van der Waals surface area contributed by atoms with Crippen LogP contribution in [0.2, 0.25) is 0 Å². The fourth-order valence-corrected chi connectivity index (χ4v) is 2.20. The molecule has 5 heteroatoms. The summed E-state index contributed by atoms with van der Waals surface area (Å²) in [5.74, 6) is 0.604. The number of aromatic nitrogens is 1. The van der Waals surface area contributed by atoms with Crippen molar-refractivity contribution >= 4 is 22.6 Å². The Labute approximate surface area is 124 Å². The molecule has 0 radical (unpaired) electrons. The molecule has 108 valence electrons. The lowest BCUT2D eigenvalue weighted by Crippen LogP contribution is -2.37. The van der Waals surface area contributed by atoms with Crippen molar-refractivity contribution < 1.29 is 4.79 Å². The molecule has 2 aromatic rings. The fourth-order valence-electron chi connectivity index (χ4n) is 2.20. The molecule has 0 atom stereocenters. The number of hydrogen-bond donors (Lipinski definition) is 1. The van der Waals surface area contributed by atoms with Gasteiger partial charge in [0.15, 0.2) is 0 Å². The highest BCUT2D eigenvalue weighted by molar-refractivity contribution is 5.87. The van der Waals surface area contributed by atoms with E-state index in [1.165, 1.54) is 0 Å². The Hall–Kier alpha value is -2.61. The zero-order chi connectivity index (χ0) is 15.2. The first-order valence-corrected chi connectivity index (χ1v) is 7.01. The van der Waals surface area contributed by atoms with Gasteiger partial charge in [-0.1, -0.05) is 18.2 Å². The smallest absolute Gasteiger partial charge is 0.239 e. The summed E-state index contributed by atoms with van der Waals surface area (Å²) in [6.07, 6.45) is 0. The van der Waals surface area contributed by atoms with Crippen molar-refractivity contribution in [3.8, 4) is 6.07 Å². The van der Waals surface area contributed by atoms with E-state index in [4.69, 9.17) is 0 Å². The van der Waals surface area contributed by atoms with Crippen LogP contribution in [0.25, 0.3) is 10.9 Å². The Kier molecular flexibility index (Phi) is 4.72. The van der Waals surface area contributed by atoms with E-state index in [9.17, 15) is 10.1 Å². The van der Waals surface area contributed by atoms with Gasteiger partial charge in [-0.2, -0.15) is 5.26 Å². The van der Waals surface area contributed by atoms with Crippen molar-refractivity contribution in [1.82, 2.24) is 10.3 Å². The number of carbonyl (C=O) groups excluding carboxylic acids is 1. The molecular formula is C16H18N4O. The molecule has 0 spiro atoms. The number of nitrogens with zero attached hydrogens (tertiary/aromatic N) is 3. The maximum atomic E-state index is 11.8. The van der Waals surface area contributed by atoms with Crippen molar-refractivity contribution in [2.24, 2.45) is 0 Å². The number of carbonyl (C=O) groups is 1. The van der Waals surface area contributed by atoms with E-state index in [0.717, 1.165) is 10.9 Å². The van der Waals surface area contributed by atoms with Gasteiger partial charge in [-0.3, -0.25) is 4.79 Å². The molecule has 0 aliphatic heterocycles. The highest BCUT2D eigenvalue weighted by atomic mass is 16.2. The van der Waals surface area contributed by atoms with E-state index in [2.05, 4.69) is 16.4 Å². The second-order valence-corrected chi connectivity index (χ2v) is 4.62. The van der Waals surface area contributed by atoms with Gasteiger partial charge in [0, 0.05) is 18.5 Å². The van der Waals surface area contributed by atoms with Crippen LogP contribution in [-0.2, 0) is 4.79 Å². The highest BCUT2D eigenvalue weighted by Gasteiger charge is 2.13. The third kappa shape index (κ3) is 3.29. The molecular weight excluding hydrogens is 264 g/mol.